The van der Waals surface area contributed by atoms with Crippen molar-refractivity contribution in [3.05, 3.63) is 71.0 Å². The normalized spacial score (nSPS) is 11.9. The minimum Gasteiger partial charge on any atom is -0.393 e. The van der Waals surface area contributed by atoms with E-state index in [1.165, 1.54) is 14.0 Å². The maximum absolute atomic E-state index is 9.97. The highest BCUT2D eigenvalue weighted by Crippen LogP contribution is 2.39. The molecule has 0 aliphatic rings. The Morgan fingerprint density at radius 2 is 1.45 bits per heavy atom. The summed E-state index contributed by atoms with van der Waals surface area (Å²) >= 11 is 3.51. The lowest BCUT2D eigenvalue weighted by atomic mass is 10.1. The van der Waals surface area contributed by atoms with Gasteiger partial charge in [-0.1, -0.05) is 79.3 Å². The quantitative estimate of drug-likeness (QED) is 0.603. The second kappa shape index (κ2) is 9.78. The third kappa shape index (κ3) is 6.30. The molecule has 2 aromatic carbocycles. The maximum Gasteiger partial charge on any atom is 0.0575 e. The van der Waals surface area contributed by atoms with Crippen molar-refractivity contribution in [1.82, 2.24) is 0 Å². The zero-order valence-corrected chi connectivity index (χ0v) is 14.4. The van der Waals surface area contributed by atoms with Crippen LogP contribution in [0, 0.1) is 0 Å². The molecule has 1 nitrogen and oxygen atoms in total. The molecule has 0 fully saturated rings. The molecule has 0 saturated carbocycles. The number of hydrogen-bond donors (Lipinski definition) is 1. The van der Waals surface area contributed by atoms with Crippen molar-refractivity contribution in [2.75, 3.05) is 0 Å². The number of benzene rings is 2. The maximum atomic E-state index is 9.97. The third-order valence-electron chi connectivity index (χ3n) is 3.10. The summed E-state index contributed by atoms with van der Waals surface area (Å²) in [6.45, 7) is 2.10. The van der Waals surface area contributed by atoms with Crippen LogP contribution in [0.5, 0.6) is 0 Å². The first-order chi connectivity index (χ1) is 10.8. The average Bonchev–Trinajstić information content (AvgIpc) is 2.55. The van der Waals surface area contributed by atoms with Gasteiger partial charge in [-0.3, -0.25) is 0 Å². The molecule has 0 aliphatic heterocycles. The van der Waals surface area contributed by atoms with Gasteiger partial charge in [0.2, 0.25) is 0 Å². The van der Waals surface area contributed by atoms with Gasteiger partial charge in [0.15, 0.2) is 0 Å². The predicted molar refractivity (Wildman–Crippen MR) is 98.2 cm³/mol. The lowest BCUT2D eigenvalue weighted by molar-refractivity contribution is 0.167. The first-order valence-corrected chi connectivity index (χ1v) is 9.25. The van der Waals surface area contributed by atoms with Crippen molar-refractivity contribution >= 4 is 23.5 Å². The number of hydrogen-bond acceptors (Lipinski definition) is 3. The van der Waals surface area contributed by atoms with E-state index in [0.29, 0.717) is 6.42 Å². The van der Waals surface area contributed by atoms with Crippen molar-refractivity contribution < 1.29 is 5.11 Å². The van der Waals surface area contributed by atoms with Crippen LogP contribution < -0.4 is 0 Å². The van der Waals surface area contributed by atoms with Crippen LogP contribution in [-0.4, -0.2) is 11.2 Å². The largest absolute Gasteiger partial charge is 0.393 e. The molecular weight excluding hydrogens is 308 g/mol. The van der Waals surface area contributed by atoms with E-state index in [-0.39, 0.29) is 6.10 Å². The van der Waals surface area contributed by atoms with E-state index < -0.39 is 0 Å². The molecule has 0 aromatic heterocycles. The highest BCUT2D eigenvalue weighted by molar-refractivity contribution is 8.22. The molecule has 0 amide bonds. The Labute approximate surface area is 141 Å². The number of aliphatic hydroxyl groups excluding tert-OH is 1. The first-order valence-electron chi connectivity index (χ1n) is 7.62. The van der Waals surface area contributed by atoms with E-state index in [9.17, 15) is 5.11 Å². The molecule has 0 radical (unpaired) electrons. The van der Waals surface area contributed by atoms with Crippen molar-refractivity contribution in [2.24, 2.45) is 0 Å². The molecule has 3 heteroatoms. The molecule has 0 heterocycles. The Hall–Kier alpha value is -1.16. The van der Waals surface area contributed by atoms with Crippen molar-refractivity contribution in [2.45, 2.75) is 42.1 Å². The van der Waals surface area contributed by atoms with Crippen LogP contribution in [0.1, 0.15) is 26.2 Å². The fraction of sp³-hybridized carbons (Fsp3) is 0.263. The highest BCUT2D eigenvalue weighted by Gasteiger charge is 2.06. The molecule has 116 valence electrons. The summed E-state index contributed by atoms with van der Waals surface area (Å²) in [4.78, 5) is 2.45. The summed E-state index contributed by atoms with van der Waals surface area (Å²) in [5.41, 5.74) is 0. The summed E-state index contributed by atoms with van der Waals surface area (Å²) in [5.74, 6) is 0. The molecule has 0 aliphatic carbocycles. The smallest absolute Gasteiger partial charge is 0.0575 e. The van der Waals surface area contributed by atoms with E-state index in [1.54, 1.807) is 23.5 Å². The summed E-state index contributed by atoms with van der Waals surface area (Å²) in [5, 5.41) is 9.97. The Morgan fingerprint density at radius 3 is 1.91 bits per heavy atom. The van der Waals surface area contributed by atoms with Crippen molar-refractivity contribution in [1.29, 1.82) is 0 Å². The zero-order chi connectivity index (χ0) is 15.6. The SMILES string of the molecule is CCC[C@H](O)CC=C(Sc1ccccc1)Sc1ccccc1. The molecule has 1 atom stereocenters. The van der Waals surface area contributed by atoms with Gasteiger partial charge in [0.05, 0.1) is 6.10 Å². The standard InChI is InChI=1S/C19H22OS2/c1-2-9-16(20)14-15-19(21-17-10-5-3-6-11-17)22-18-12-7-4-8-13-18/h3-8,10-13,15-16,20H,2,9,14H2,1H3/t16-/m0/s1. The van der Waals surface area contributed by atoms with E-state index in [2.05, 4.69) is 61.5 Å². The van der Waals surface area contributed by atoms with E-state index in [1.807, 2.05) is 12.1 Å². The van der Waals surface area contributed by atoms with Gasteiger partial charge in [0.1, 0.15) is 0 Å². The lowest BCUT2D eigenvalue weighted by Gasteiger charge is -2.10. The van der Waals surface area contributed by atoms with Crippen LogP contribution >= 0.6 is 23.5 Å². The van der Waals surface area contributed by atoms with Crippen LogP contribution in [0.15, 0.2) is 80.8 Å². The Kier molecular flexibility index (Phi) is 7.64. The third-order valence-corrected chi connectivity index (χ3v) is 5.35. The topological polar surface area (TPSA) is 20.2 Å². The number of aliphatic hydroxyl groups is 1. The van der Waals surface area contributed by atoms with Gasteiger partial charge in [0, 0.05) is 14.0 Å². The van der Waals surface area contributed by atoms with Crippen LogP contribution in [-0.2, 0) is 0 Å². The summed E-state index contributed by atoms with van der Waals surface area (Å²) < 4.78 is 1.22. The van der Waals surface area contributed by atoms with Gasteiger partial charge in [0.25, 0.3) is 0 Å². The van der Waals surface area contributed by atoms with Gasteiger partial charge >= 0.3 is 0 Å². The Morgan fingerprint density at radius 1 is 0.955 bits per heavy atom. The molecule has 0 saturated heterocycles. The molecule has 0 unspecified atom stereocenters. The molecule has 22 heavy (non-hydrogen) atoms. The predicted octanol–water partition coefficient (Wildman–Crippen LogP) is 5.96. The Balaban J connectivity index is 2.07. The lowest BCUT2D eigenvalue weighted by Crippen LogP contribution is -2.03. The first kappa shape index (κ1) is 17.2. The summed E-state index contributed by atoms with van der Waals surface area (Å²) in [6.07, 6.45) is 4.50. The van der Waals surface area contributed by atoms with Crippen molar-refractivity contribution in [3.63, 3.8) is 0 Å². The van der Waals surface area contributed by atoms with Gasteiger partial charge < -0.3 is 5.11 Å². The van der Waals surface area contributed by atoms with Crippen molar-refractivity contribution in [3.8, 4) is 0 Å². The van der Waals surface area contributed by atoms with Gasteiger partial charge in [-0.2, -0.15) is 0 Å². The number of thioether (sulfide) groups is 2. The van der Waals surface area contributed by atoms with Crippen LogP contribution in [0.3, 0.4) is 0 Å². The van der Waals surface area contributed by atoms with E-state index in [0.717, 1.165) is 12.8 Å². The van der Waals surface area contributed by atoms with Gasteiger partial charge in [-0.05, 0) is 37.1 Å². The van der Waals surface area contributed by atoms with Gasteiger partial charge in [-0.25, -0.2) is 0 Å². The monoisotopic (exact) mass is 330 g/mol. The minimum atomic E-state index is -0.243. The van der Waals surface area contributed by atoms with Gasteiger partial charge in [-0.15, -0.1) is 0 Å². The molecule has 1 N–H and O–H groups in total. The zero-order valence-electron chi connectivity index (χ0n) is 12.8. The van der Waals surface area contributed by atoms with Crippen LogP contribution in [0.4, 0.5) is 0 Å². The molecule has 0 bridgehead atoms. The fourth-order valence-corrected chi connectivity index (χ4v) is 4.15. The second-order valence-electron chi connectivity index (χ2n) is 5.03. The molecule has 2 rings (SSSR count). The van der Waals surface area contributed by atoms with E-state index >= 15 is 0 Å². The molecule has 0 spiro atoms. The second-order valence-corrected chi connectivity index (χ2v) is 7.52. The average molecular weight is 331 g/mol. The van der Waals surface area contributed by atoms with Crippen LogP contribution in [0.25, 0.3) is 0 Å². The molecule has 2 aromatic rings. The highest BCUT2D eigenvalue weighted by atomic mass is 32.2. The minimum absolute atomic E-state index is 0.243. The molecular formula is C19H22OS2. The van der Waals surface area contributed by atoms with E-state index in [4.69, 9.17) is 0 Å². The fourth-order valence-electron chi connectivity index (χ4n) is 2.00. The summed E-state index contributed by atoms with van der Waals surface area (Å²) in [7, 11) is 0. The van der Waals surface area contributed by atoms with Crippen LogP contribution in [0.2, 0.25) is 0 Å². The number of rotatable bonds is 8. The summed E-state index contributed by atoms with van der Waals surface area (Å²) in [6, 6.07) is 20.7. The Bertz CT molecular complexity index is 523.